The third kappa shape index (κ3) is 3.99. The molecule has 0 aliphatic rings. The van der Waals surface area contributed by atoms with Crippen LogP contribution in [0.25, 0.3) is 20.2 Å². The van der Waals surface area contributed by atoms with Crippen molar-refractivity contribution in [3.8, 4) is 5.75 Å². The summed E-state index contributed by atoms with van der Waals surface area (Å²) >= 11 is 2.64. The van der Waals surface area contributed by atoms with Crippen molar-refractivity contribution in [3.05, 3.63) is 35.9 Å². The van der Waals surface area contributed by atoms with Gasteiger partial charge in [-0.2, -0.15) is 0 Å². The van der Waals surface area contributed by atoms with Crippen LogP contribution in [0.2, 0.25) is 0 Å². The minimum atomic E-state index is -0.374. The predicted molar refractivity (Wildman–Crippen MR) is 110 cm³/mol. The molecule has 1 heterocycles. The lowest BCUT2D eigenvalue weighted by molar-refractivity contribution is 0.291. The zero-order valence-corrected chi connectivity index (χ0v) is 16.9. The fourth-order valence-electron chi connectivity index (χ4n) is 3.07. The molecule has 0 saturated heterocycles. The van der Waals surface area contributed by atoms with E-state index in [0.29, 0.717) is 20.9 Å². The maximum Gasteiger partial charge on any atom is 0.182 e. The molecule has 0 amide bonds. The molecule has 26 heavy (non-hydrogen) atoms. The molecule has 0 saturated carbocycles. The van der Waals surface area contributed by atoms with Crippen LogP contribution in [0.1, 0.15) is 46.0 Å². The van der Waals surface area contributed by atoms with Gasteiger partial charge in [0.15, 0.2) is 17.4 Å². The number of rotatable bonds is 9. The summed E-state index contributed by atoms with van der Waals surface area (Å²) in [5.74, 6) is 0.454. The van der Waals surface area contributed by atoms with Crippen molar-refractivity contribution in [3.63, 3.8) is 0 Å². The van der Waals surface area contributed by atoms with Crippen LogP contribution in [0.15, 0.2) is 29.2 Å². The number of hydrogen-bond donors (Lipinski definition) is 0. The minimum absolute atomic E-state index is 0.242. The lowest BCUT2D eigenvalue weighted by Gasteiger charge is -2.07. The van der Waals surface area contributed by atoms with Crippen molar-refractivity contribution >= 4 is 43.3 Å². The summed E-state index contributed by atoms with van der Waals surface area (Å²) < 4.78 is 36.2. The van der Waals surface area contributed by atoms with E-state index in [1.807, 2.05) is 19.1 Å². The van der Waals surface area contributed by atoms with Crippen LogP contribution in [0.4, 0.5) is 8.78 Å². The molecule has 5 heteroatoms. The van der Waals surface area contributed by atoms with Crippen LogP contribution >= 0.6 is 23.1 Å². The van der Waals surface area contributed by atoms with E-state index in [-0.39, 0.29) is 17.4 Å². The van der Waals surface area contributed by atoms with Crippen molar-refractivity contribution in [2.24, 2.45) is 0 Å². The smallest absolute Gasteiger partial charge is 0.182 e. The molecule has 3 aromatic rings. The molecule has 140 valence electrons. The average Bonchev–Trinajstić information content (AvgIpc) is 3.02. The fourth-order valence-corrected chi connectivity index (χ4v) is 5.01. The largest absolute Gasteiger partial charge is 0.490 e. The highest BCUT2D eigenvalue weighted by molar-refractivity contribution is 7.99. The molecular formula is C21H24F2OS2. The summed E-state index contributed by atoms with van der Waals surface area (Å²) in [5.41, 5.74) is 0. The van der Waals surface area contributed by atoms with Gasteiger partial charge in [0.25, 0.3) is 0 Å². The topological polar surface area (TPSA) is 9.23 Å². The maximum absolute atomic E-state index is 14.9. The third-order valence-corrected chi connectivity index (χ3v) is 6.54. The van der Waals surface area contributed by atoms with Gasteiger partial charge in [-0.15, -0.1) is 23.1 Å². The van der Waals surface area contributed by atoms with Gasteiger partial charge in [-0.25, -0.2) is 8.78 Å². The van der Waals surface area contributed by atoms with Crippen molar-refractivity contribution < 1.29 is 13.5 Å². The van der Waals surface area contributed by atoms with Gasteiger partial charge in [0, 0.05) is 15.7 Å². The monoisotopic (exact) mass is 394 g/mol. The van der Waals surface area contributed by atoms with E-state index < -0.39 is 0 Å². The average molecular weight is 395 g/mol. The quantitative estimate of drug-likeness (QED) is 0.270. The maximum atomic E-state index is 14.9. The number of halogens is 2. The number of thiophene rings is 1. The van der Waals surface area contributed by atoms with Gasteiger partial charge in [-0.3, -0.25) is 0 Å². The van der Waals surface area contributed by atoms with Crippen LogP contribution in [0.5, 0.6) is 5.75 Å². The Morgan fingerprint density at radius 2 is 1.58 bits per heavy atom. The van der Waals surface area contributed by atoms with E-state index in [1.165, 1.54) is 42.4 Å². The summed E-state index contributed by atoms with van der Waals surface area (Å²) in [4.78, 5) is 0.621. The Morgan fingerprint density at radius 3 is 2.31 bits per heavy atom. The van der Waals surface area contributed by atoms with Gasteiger partial charge < -0.3 is 4.74 Å². The summed E-state index contributed by atoms with van der Waals surface area (Å²) in [6.07, 6.45) is 5.65. The van der Waals surface area contributed by atoms with Crippen molar-refractivity contribution in [1.82, 2.24) is 0 Å². The second kappa shape index (κ2) is 9.05. The number of unbranched alkanes of at least 4 members (excludes halogenated alkanes) is 4. The number of thioether (sulfide) groups is 1. The minimum Gasteiger partial charge on any atom is -0.490 e. The Kier molecular flexibility index (Phi) is 6.76. The van der Waals surface area contributed by atoms with Crippen LogP contribution in [-0.4, -0.2) is 12.4 Å². The summed E-state index contributed by atoms with van der Waals surface area (Å²) in [5, 5.41) is 1.53. The zero-order chi connectivity index (χ0) is 18.5. The molecule has 1 nitrogen and oxygen atoms in total. The molecular weight excluding hydrogens is 370 g/mol. The molecule has 3 rings (SSSR count). The summed E-state index contributed by atoms with van der Waals surface area (Å²) in [6.45, 7) is 4.69. The number of fused-ring (bicyclic) bond motifs is 3. The van der Waals surface area contributed by atoms with Crippen molar-refractivity contribution in [2.45, 2.75) is 50.8 Å². The Bertz CT molecular complexity index is 889. The third-order valence-electron chi connectivity index (χ3n) is 4.42. The molecule has 0 N–H and O–H groups in total. The molecule has 0 aliphatic carbocycles. The molecule has 0 atom stereocenters. The summed E-state index contributed by atoms with van der Waals surface area (Å²) in [7, 11) is 0. The van der Waals surface area contributed by atoms with Crippen molar-refractivity contribution in [2.75, 3.05) is 12.4 Å². The van der Waals surface area contributed by atoms with Gasteiger partial charge in [0.1, 0.15) is 0 Å². The Labute approximate surface area is 161 Å². The highest BCUT2D eigenvalue weighted by atomic mass is 32.2. The Morgan fingerprint density at radius 1 is 0.885 bits per heavy atom. The molecule has 2 aromatic carbocycles. The van der Waals surface area contributed by atoms with E-state index in [0.717, 1.165) is 29.4 Å². The zero-order valence-electron chi connectivity index (χ0n) is 15.2. The SMILES string of the molecule is CCCCCCCOc1ccc2c(sc3c(F)c(SCC)ccc32)c1F. The normalized spacial score (nSPS) is 11.5. The second-order valence-corrected chi connectivity index (χ2v) is 8.63. The molecule has 0 unspecified atom stereocenters. The Hall–Kier alpha value is -1.33. The van der Waals surface area contributed by atoms with Gasteiger partial charge in [0.05, 0.1) is 16.0 Å². The van der Waals surface area contributed by atoms with Gasteiger partial charge in [-0.05, 0) is 30.4 Å². The first-order chi connectivity index (χ1) is 12.7. The van der Waals surface area contributed by atoms with E-state index in [9.17, 15) is 8.78 Å². The van der Waals surface area contributed by atoms with Gasteiger partial charge >= 0.3 is 0 Å². The standard InChI is InChI=1S/C21H24F2OS2/c1-3-5-6-7-8-13-24-16-11-9-14-15-10-12-17(25-4-2)19(23)21(15)26-20(14)18(16)22/h9-12H,3-8,13H2,1-2H3. The van der Waals surface area contributed by atoms with Gasteiger partial charge in [0.2, 0.25) is 0 Å². The van der Waals surface area contributed by atoms with Crippen LogP contribution in [-0.2, 0) is 0 Å². The first-order valence-corrected chi connectivity index (χ1v) is 11.1. The number of hydrogen-bond acceptors (Lipinski definition) is 3. The Balaban J connectivity index is 1.84. The highest BCUT2D eigenvalue weighted by Crippen LogP contribution is 2.41. The lowest BCUT2D eigenvalue weighted by Crippen LogP contribution is -1.99. The van der Waals surface area contributed by atoms with Crippen molar-refractivity contribution in [1.29, 1.82) is 0 Å². The molecule has 0 bridgehead atoms. The number of ether oxygens (including phenoxy) is 1. The van der Waals surface area contributed by atoms with E-state index in [2.05, 4.69) is 6.92 Å². The molecule has 0 spiro atoms. The fraction of sp³-hybridized carbons (Fsp3) is 0.429. The molecule has 0 aliphatic heterocycles. The molecule has 1 aromatic heterocycles. The van der Waals surface area contributed by atoms with E-state index in [4.69, 9.17) is 4.74 Å². The second-order valence-electron chi connectivity index (χ2n) is 6.31. The first-order valence-electron chi connectivity index (χ1n) is 9.26. The first kappa shape index (κ1) is 19.4. The van der Waals surface area contributed by atoms with Gasteiger partial charge in [-0.1, -0.05) is 45.6 Å². The van der Waals surface area contributed by atoms with Crippen LogP contribution in [0, 0.1) is 11.6 Å². The van der Waals surface area contributed by atoms with Crippen LogP contribution in [0.3, 0.4) is 0 Å². The molecule has 0 radical (unpaired) electrons. The van der Waals surface area contributed by atoms with E-state index >= 15 is 0 Å². The predicted octanol–water partition coefficient (Wildman–Crippen LogP) is 7.79. The van der Waals surface area contributed by atoms with E-state index in [1.54, 1.807) is 12.1 Å². The van der Waals surface area contributed by atoms with Crippen LogP contribution < -0.4 is 4.74 Å². The summed E-state index contributed by atoms with van der Waals surface area (Å²) in [6, 6.07) is 7.19. The highest BCUT2D eigenvalue weighted by Gasteiger charge is 2.17. The molecule has 0 fully saturated rings. The lowest BCUT2D eigenvalue weighted by atomic mass is 10.1. The number of benzene rings is 2.